The molecule has 0 spiro atoms. The number of benzene rings is 2. The average molecular weight is 297 g/mol. The van der Waals surface area contributed by atoms with Crippen LogP contribution in [-0.4, -0.2) is 41.4 Å². The second kappa shape index (κ2) is 8.49. The number of nitrogens with zero attached hydrogens (tertiary/aromatic N) is 1. The lowest BCUT2D eigenvalue weighted by Crippen LogP contribution is -2.29. The van der Waals surface area contributed by atoms with Gasteiger partial charge in [-0.05, 0) is 22.3 Å². The van der Waals surface area contributed by atoms with Gasteiger partial charge >= 0.3 is 0 Å². The summed E-state index contributed by atoms with van der Waals surface area (Å²) in [6, 6.07) is 16.7. The standard InChI is InChI=1S/C19H23NO2/c1-2-16-3-7-18(8-4-16)19-9-5-17(6-10-19)15-20(11-13-21)12-14-22/h2-10,21-22H,1,11-15H2. The molecule has 0 aliphatic heterocycles. The Morgan fingerprint density at radius 1 is 0.818 bits per heavy atom. The molecule has 2 rings (SSSR count). The lowest BCUT2D eigenvalue weighted by atomic mass is 10.0. The monoisotopic (exact) mass is 297 g/mol. The molecule has 0 heterocycles. The number of aliphatic hydroxyl groups excluding tert-OH is 2. The predicted molar refractivity (Wildman–Crippen MR) is 91.4 cm³/mol. The van der Waals surface area contributed by atoms with Gasteiger partial charge in [0, 0.05) is 19.6 Å². The Bertz CT molecular complexity index is 569. The molecule has 0 amide bonds. The van der Waals surface area contributed by atoms with Gasteiger partial charge in [-0.1, -0.05) is 61.2 Å². The SMILES string of the molecule is C=Cc1ccc(-c2ccc(CN(CCO)CCO)cc2)cc1. The maximum absolute atomic E-state index is 9.05. The van der Waals surface area contributed by atoms with Crippen LogP contribution in [0.2, 0.25) is 0 Å². The van der Waals surface area contributed by atoms with E-state index in [1.54, 1.807) is 0 Å². The molecular weight excluding hydrogens is 274 g/mol. The molecule has 3 heteroatoms. The molecule has 0 aliphatic carbocycles. The average Bonchev–Trinajstić information content (AvgIpc) is 2.56. The van der Waals surface area contributed by atoms with Crippen LogP contribution in [0.25, 0.3) is 17.2 Å². The van der Waals surface area contributed by atoms with E-state index in [9.17, 15) is 0 Å². The van der Waals surface area contributed by atoms with Crippen molar-refractivity contribution >= 4 is 6.08 Å². The van der Waals surface area contributed by atoms with E-state index in [4.69, 9.17) is 10.2 Å². The molecule has 0 saturated heterocycles. The molecule has 0 saturated carbocycles. The fourth-order valence-corrected chi connectivity index (χ4v) is 2.43. The van der Waals surface area contributed by atoms with Crippen LogP contribution in [0.5, 0.6) is 0 Å². The molecule has 22 heavy (non-hydrogen) atoms. The van der Waals surface area contributed by atoms with Gasteiger partial charge in [-0.3, -0.25) is 4.90 Å². The zero-order valence-corrected chi connectivity index (χ0v) is 12.8. The predicted octanol–water partition coefficient (Wildman–Crippen LogP) is 2.78. The third kappa shape index (κ3) is 4.53. The van der Waals surface area contributed by atoms with E-state index in [0.717, 1.165) is 12.1 Å². The Hall–Kier alpha value is -1.94. The van der Waals surface area contributed by atoms with E-state index in [1.165, 1.54) is 16.7 Å². The smallest absolute Gasteiger partial charge is 0.0558 e. The van der Waals surface area contributed by atoms with Crippen LogP contribution in [0.1, 0.15) is 11.1 Å². The largest absolute Gasteiger partial charge is 0.395 e. The Kier molecular flexibility index (Phi) is 6.34. The van der Waals surface area contributed by atoms with Crippen LogP contribution in [0.4, 0.5) is 0 Å². The van der Waals surface area contributed by atoms with Crippen LogP contribution < -0.4 is 0 Å². The first-order chi connectivity index (χ1) is 10.8. The minimum absolute atomic E-state index is 0.105. The summed E-state index contributed by atoms with van der Waals surface area (Å²) < 4.78 is 0. The van der Waals surface area contributed by atoms with Crippen LogP contribution in [-0.2, 0) is 6.54 Å². The van der Waals surface area contributed by atoms with Gasteiger partial charge in [0.05, 0.1) is 13.2 Å². The second-order valence-corrected chi connectivity index (χ2v) is 5.25. The van der Waals surface area contributed by atoms with E-state index in [0.29, 0.717) is 13.1 Å². The van der Waals surface area contributed by atoms with Gasteiger partial charge < -0.3 is 10.2 Å². The number of rotatable bonds is 8. The van der Waals surface area contributed by atoms with Crippen molar-refractivity contribution in [3.05, 3.63) is 66.2 Å². The van der Waals surface area contributed by atoms with E-state index < -0.39 is 0 Å². The van der Waals surface area contributed by atoms with Gasteiger partial charge in [0.15, 0.2) is 0 Å². The fourth-order valence-electron chi connectivity index (χ4n) is 2.43. The summed E-state index contributed by atoms with van der Waals surface area (Å²) in [5.41, 5.74) is 4.65. The van der Waals surface area contributed by atoms with E-state index >= 15 is 0 Å². The normalized spacial score (nSPS) is 10.9. The minimum atomic E-state index is 0.105. The van der Waals surface area contributed by atoms with Gasteiger partial charge in [0.1, 0.15) is 0 Å². The van der Waals surface area contributed by atoms with Crippen molar-refractivity contribution in [1.82, 2.24) is 4.90 Å². The molecule has 2 aromatic carbocycles. The summed E-state index contributed by atoms with van der Waals surface area (Å²) in [5.74, 6) is 0. The zero-order valence-electron chi connectivity index (χ0n) is 12.8. The van der Waals surface area contributed by atoms with Crippen molar-refractivity contribution in [2.24, 2.45) is 0 Å². The highest BCUT2D eigenvalue weighted by Gasteiger charge is 2.05. The van der Waals surface area contributed by atoms with Crippen LogP contribution in [0, 0.1) is 0 Å². The Morgan fingerprint density at radius 2 is 1.32 bits per heavy atom. The molecule has 2 N–H and O–H groups in total. The van der Waals surface area contributed by atoms with E-state index in [2.05, 4.69) is 55.1 Å². The quantitative estimate of drug-likeness (QED) is 0.787. The lowest BCUT2D eigenvalue weighted by Gasteiger charge is -2.20. The zero-order chi connectivity index (χ0) is 15.8. The maximum Gasteiger partial charge on any atom is 0.0558 e. The third-order valence-electron chi connectivity index (χ3n) is 3.67. The highest BCUT2D eigenvalue weighted by atomic mass is 16.3. The van der Waals surface area contributed by atoms with Gasteiger partial charge in [0.25, 0.3) is 0 Å². The third-order valence-corrected chi connectivity index (χ3v) is 3.67. The summed E-state index contributed by atoms with van der Waals surface area (Å²) >= 11 is 0. The van der Waals surface area contributed by atoms with Crippen molar-refractivity contribution in [1.29, 1.82) is 0 Å². The summed E-state index contributed by atoms with van der Waals surface area (Å²) in [7, 11) is 0. The molecule has 116 valence electrons. The minimum Gasteiger partial charge on any atom is -0.395 e. The molecule has 0 aromatic heterocycles. The van der Waals surface area contributed by atoms with Gasteiger partial charge in [0.2, 0.25) is 0 Å². The Morgan fingerprint density at radius 3 is 1.77 bits per heavy atom. The molecular formula is C19H23NO2. The summed E-state index contributed by atoms with van der Waals surface area (Å²) in [4.78, 5) is 2.04. The molecule has 0 aliphatic rings. The molecule has 0 bridgehead atoms. The first-order valence-corrected chi connectivity index (χ1v) is 7.52. The first kappa shape index (κ1) is 16.4. The fraction of sp³-hybridized carbons (Fsp3) is 0.263. The summed E-state index contributed by atoms with van der Waals surface area (Å²) in [5, 5.41) is 18.1. The van der Waals surface area contributed by atoms with Crippen LogP contribution in [0.15, 0.2) is 55.1 Å². The summed E-state index contributed by atoms with van der Waals surface area (Å²) in [6.45, 7) is 5.85. The van der Waals surface area contributed by atoms with Gasteiger partial charge in [-0.2, -0.15) is 0 Å². The molecule has 0 unspecified atom stereocenters. The van der Waals surface area contributed by atoms with E-state index in [1.807, 2.05) is 11.0 Å². The highest BCUT2D eigenvalue weighted by Crippen LogP contribution is 2.21. The van der Waals surface area contributed by atoms with Crippen molar-refractivity contribution in [2.75, 3.05) is 26.3 Å². The van der Waals surface area contributed by atoms with Crippen molar-refractivity contribution in [3.8, 4) is 11.1 Å². The molecule has 0 radical (unpaired) electrons. The molecule has 0 fully saturated rings. The topological polar surface area (TPSA) is 43.7 Å². The summed E-state index contributed by atoms with van der Waals surface area (Å²) in [6.07, 6.45) is 1.84. The Balaban J connectivity index is 2.06. The van der Waals surface area contributed by atoms with Gasteiger partial charge in [-0.25, -0.2) is 0 Å². The molecule has 2 aromatic rings. The van der Waals surface area contributed by atoms with Crippen molar-refractivity contribution in [2.45, 2.75) is 6.54 Å². The molecule has 3 nitrogen and oxygen atoms in total. The maximum atomic E-state index is 9.05. The van der Waals surface area contributed by atoms with Crippen LogP contribution in [0.3, 0.4) is 0 Å². The lowest BCUT2D eigenvalue weighted by molar-refractivity contribution is 0.156. The number of hydrogen-bond acceptors (Lipinski definition) is 3. The number of aliphatic hydroxyl groups is 2. The van der Waals surface area contributed by atoms with Crippen molar-refractivity contribution in [3.63, 3.8) is 0 Å². The first-order valence-electron chi connectivity index (χ1n) is 7.52. The van der Waals surface area contributed by atoms with Crippen LogP contribution >= 0.6 is 0 Å². The second-order valence-electron chi connectivity index (χ2n) is 5.25. The van der Waals surface area contributed by atoms with E-state index in [-0.39, 0.29) is 13.2 Å². The number of hydrogen-bond donors (Lipinski definition) is 2. The highest BCUT2D eigenvalue weighted by molar-refractivity contribution is 5.65. The molecule has 0 atom stereocenters. The Labute approximate surface area is 132 Å². The van der Waals surface area contributed by atoms with Gasteiger partial charge in [-0.15, -0.1) is 0 Å². The van der Waals surface area contributed by atoms with Crippen molar-refractivity contribution < 1.29 is 10.2 Å².